The molecule has 0 saturated heterocycles. The molecule has 0 aliphatic rings. The van der Waals surface area contributed by atoms with Gasteiger partial charge in [-0.05, 0) is 0 Å². The molecule has 0 aliphatic heterocycles. The second kappa shape index (κ2) is 5.07. The summed E-state index contributed by atoms with van der Waals surface area (Å²) in [5.74, 6) is 3.37. The first-order valence-corrected chi connectivity index (χ1v) is 1.60. The molecule has 30 valence electrons. The van der Waals surface area contributed by atoms with Crippen LogP contribution in [0.25, 0.3) is 0 Å². The molecule has 7 heavy (non-hydrogen) atoms. The first-order valence-electron chi connectivity index (χ1n) is 1.60. The molecule has 0 aliphatic carbocycles. The average molecular weight is 88.7 g/mol. The summed E-state index contributed by atoms with van der Waals surface area (Å²) < 4.78 is 0. The van der Waals surface area contributed by atoms with Gasteiger partial charge in [0.2, 0.25) is 0 Å². The van der Waals surface area contributed by atoms with Crippen molar-refractivity contribution in [3.8, 4) is 11.9 Å². The van der Waals surface area contributed by atoms with Crippen LogP contribution in [0.2, 0.25) is 0 Å². The van der Waals surface area contributed by atoms with Crippen LogP contribution in [0.1, 0.15) is 0 Å². The minimum absolute atomic E-state index is 1.11. The SMILES string of the molecule is N#C[B]N[B]C#N. The van der Waals surface area contributed by atoms with E-state index < -0.39 is 0 Å². The van der Waals surface area contributed by atoms with Crippen molar-refractivity contribution in [2.24, 2.45) is 0 Å². The molecular weight excluding hydrogens is 87.7 g/mol. The quantitative estimate of drug-likeness (QED) is 0.340. The maximum atomic E-state index is 7.80. The molecule has 0 spiro atoms. The Balaban J connectivity index is 2.77. The van der Waals surface area contributed by atoms with Crippen LogP contribution in [-0.2, 0) is 0 Å². The van der Waals surface area contributed by atoms with Crippen LogP contribution < -0.4 is 5.14 Å². The minimum atomic E-state index is 1.11. The Bertz CT molecular complexity index is 95.1. The van der Waals surface area contributed by atoms with Gasteiger partial charge in [0.1, 0.15) is 0 Å². The zero-order valence-electron chi connectivity index (χ0n) is 3.55. The highest BCUT2D eigenvalue weighted by atomic mass is 14.6. The Labute approximate surface area is 43.5 Å². The highest BCUT2D eigenvalue weighted by Gasteiger charge is 1.84. The molecule has 5 heteroatoms. The molecule has 0 atom stereocenters. The van der Waals surface area contributed by atoms with Crippen LogP contribution in [0.15, 0.2) is 0 Å². The van der Waals surface area contributed by atoms with Crippen molar-refractivity contribution in [1.82, 2.24) is 5.14 Å². The number of nitrogens with zero attached hydrogens (tertiary/aromatic N) is 2. The van der Waals surface area contributed by atoms with Gasteiger partial charge in [0, 0.05) is 11.9 Å². The summed E-state index contributed by atoms with van der Waals surface area (Å²) in [6.45, 7) is 0. The molecule has 0 aromatic heterocycles. The predicted molar refractivity (Wildman–Crippen MR) is 25.9 cm³/mol. The van der Waals surface area contributed by atoms with Gasteiger partial charge in [-0.1, -0.05) is 0 Å². The Morgan fingerprint density at radius 3 is 1.86 bits per heavy atom. The van der Waals surface area contributed by atoms with Crippen molar-refractivity contribution in [2.75, 3.05) is 0 Å². The summed E-state index contributed by atoms with van der Waals surface area (Å²) in [4.78, 5) is 0. The Kier molecular flexibility index (Phi) is 4.40. The fraction of sp³-hybridized carbons (Fsp3) is 0. The summed E-state index contributed by atoms with van der Waals surface area (Å²) in [5.41, 5.74) is 0. The molecule has 0 bridgehead atoms. The number of nitriles is 2. The van der Waals surface area contributed by atoms with E-state index in [2.05, 4.69) is 5.14 Å². The molecule has 0 saturated carbocycles. The van der Waals surface area contributed by atoms with Gasteiger partial charge in [-0.15, -0.1) is 0 Å². The molecule has 3 nitrogen and oxygen atoms in total. The summed E-state index contributed by atoms with van der Waals surface area (Å²) in [6.07, 6.45) is 0. The number of nitrogens with one attached hydrogen (secondary N) is 1. The molecule has 0 aromatic rings. The van der Waals surface area contributed by atoms with Gasteiger partial charge in [0.15, 0.2) is 0 Å². The van der Waals surface area contributed by atoms with E-state index in [0.29, 0.717) is 0 Å². The average Bonchev–Trinajstić information content (AvgIpc) is 1.69. The van der Waals surface area contributed by atoms with Gasteiger partial charge >= 0.3 is 14.8 Å². The van der Waals surface area contributed by atoms with Crippen LogP contribution in [0, 0.1) is 22.5 Å². The Morgan fingerprint density at radius 1 is 1.14 bits per heavy atom. The van der Waals surface area contributed by atoms with E-state index in [9.17, 15) is 0 Å². The van der Waals surface area contributed by atoms with Crippen LogP contribution in [0.5, 0.6) is 0 Å². The van der Waals surface area contributed by atoms with Crippen LogP contribution in [0.4, 0.5) is 0 Å². The lowest BCUT2D eigenvalue weighted by atomic mass is 9.85. The van der Waals surface area contributed by atoms with E-state index >= 15 is 0 Å². The fourth-order valence-corrected chi connectivity index (χ4v) is 0.116. The Morgan fingerprint density at radius 2 is 1.57 bits per heavy atom. The molecule has 0 heterocycles. The lowest BCUT2D eigenvalue weighted by Gasteiger charge is -1.76. The summed E-state index contributed by atoms with van der Waals surface area (Å²) in [6, 6.07) is 0. The van der Waals surface area contributed by atoms with Gasteiger partial charge in [-0.2, -0.15) is 0 Å². The highest BCUT2D eigenvalue weighted by Crippen LogP contribution is 1.42. The smallest absolute Gasteiger partial charge is 0.337 e. The van der Waals surface area contributed by atoms with Gasteiger partial charge in [0.25, 0.3) is 0 Å². The van der Waals surface area contributed by atoms with Gasteiger partial charge < -0.3 is 5.14 Å². The van der Waals surface area contributed by atoms with Gasteiger partial charge in [-0.25, -0.2) is 10.5 Å². The van der Waals surface area contributed by atoms with Crippen LogP contribution in [0.3, 0.4) is 0 Å². The molecule has 0 fully saturated rings. The largest absolute Gasteiger partial charge is 0.380 e. The van der Waals surface area contributed by atoms with Crippen molar-refractivity contribution in [3.63, 3.8) is 0 Å². The van der Waals surface area contributed by atoms with Gasteiger partial charge in [-0.3, -0.25) is 0 Å². The molecule has 1 N–H and O–H groups in total. The zero-order valence-corrected chi connectivity index (χ0v) is 3.55. The van der Waals surface area contributed by atoms with E-state index in [1.165, 1.54) is 0 Å². The first kappa shape index (κ1) is 6.07. The highest BCUT2D eigenvalue weighted by molar-refractivity contribution is 6.59. The zero-order chi connectivity index (χ0) is 5.54. The maximum Gasteiger partial charge on any atom is 0.337 e. The van der Waals surface area contributed by atoms with E-state index in [1.54, 1.807) is 11.9 Å². The normalized spacial score (nSPS) is 5.43. The number of hydrogen-bond acceptors (Lipinski definition) is 3. The first-order chi connectivity index (χ1) is 3.41. The number of rotatable bonds is 2. The van der Waals surface area contributed by atoms with Crippen molar-refractivity contribution >= 4 is 14.8 Å². The molecule has 0 amide bonds. The lowest BCUT2D eigenvalue weighted by molar-refractivity contribution is 1.51. The maximum absolute atomic E-state index is 7.80. The fourth-order valence-electron chi connectivity index (χ4n) is 0.116. The van der Waals surface area contributed by atoms with E-state index in [4.69, 9.17) is 10.5 Å². The lowest BCUT2D eigenvalue weighted by Crippen LogP contribution is -2.20. The second-order valence-electron chi connectivity index (χ2n) is 0.714. The van der Waals surface area contributed by atoms with Crippen LogP contribution in [-0.4, -0.2) is 14.8 Å². The van der Waals surface area contributed by atoms with Crippen molar-refractivity contribution < 1.29 is 0 Å². The van der Waals surface area contributed by atoms with E-state index in [-0.39, 0.29) is 0 Å². The topological polar surface area (TPSA) is 59.6 Å². The van der Waals surface area contributed by atoms with Crippen molar-refractivity contribution in [2.45, 2.75) is 0 Å². The molecule has 2 radical (unpaired) electrons. The number of hydrogen-bond donors (Lipinski definition) is 1. The second-order valence-corrected chi connectivity index (χ2v) is 0.714. The third-order valence-corrected chi connectivity index (χ3v) is 0.296. The Hall–Kier alpha value is -0.930. The molecule has 0 aromatic carbocycles. The minimum Gasteiger partial charge on any atom is -0.380 e. The predicted octanol–water partition coefficient (Wildman–Crippen LogP) is -1.22. The third-order valence-electron chi connectivity index (χ3n) is 0.296. The van der Waals surface area contributed by atoms with Crippen LogP contribution >= 0.6 is 0 Å². The van der Waals surface area contributed by atoms with E-state index in [1.807, 2.05) is 0 Å². The molecule has 0 unspecified atom stereocenters. The summed E-state index contributed by atoms with van der Waals surface area (Å²) in [5, 5.41) is 17.9. The third kappa shape index (κ3) is 5.07. The monoisotopic (exact) mass is 89.0 g/mol. The van der Waals surface area contributed by atoms with Crippen molar-refractivity contribution in [1.29, 1.82) is 10.5 Å². The molecule has 0 rings (SSSR count). The van der Waals surface area contributed by atoms with Crippen molar-refractivity contribution in [3.05, 3.63) is 0 Å². The summed E-state index contributed by atoms with van der Waals surface area (Å²) in [7, 11) is 2.23. The van der Waals surface area contributed by atoms with E-state index in [0.717, 1.165) is 14.8 Å². The van der Waals surface area contributed by atoms with Gasteiger partial charge in [0.05, 0.1) is 0 Å². The standard InChI is InChI=1S/C2HB2N3/c5-1-3-7-4-2-6/h7H. The summed E-state index contributed by atoms with van der Waals surface area (Å²) >= 11 is 0. The molecular formula is C2HB2N3.